The topological polar surface area (TPSA) is 26.1 Å². The number of halogens is 1. The highest BCUT2D eigenvalue weighted by Gasteiger charge is 2.17. The van der Waals surface area contributed by atoms with Crippen molar-refractivity contribution in [1.82, 2.24) is 0 Å². The van der Waals surface area contributed by atoms with Crippen molar-refractivity contribution < 1.29 is 4.74 Å². The number of hydroxylamine groups is 1. The summed E-state index contributed by atoms with van der Waals surface area (Å²) in [6, 6.07) is 7.86. The van der Waals surface area contributed by atoms with Crippen LogP contribution in [0.2, 0.25) is 0 Å². The molecule has 14 heavy (non-hydrogen) atoms. The predicted octanol–water partition coefficient (Wildman–Crippen LogP) is 3.02. The van der Waals surface area contributed by atoms with Crippen LogP contribution >= 0.6 is 22.6 Å². The smallest absolute Gasteiger partial charge is 0.182 e. The molecule has 1 rings (SSSR count). The Labute approximate surface area is 98.4 Å². The van der Waals surface area contributed by atoms with Gasteiger partial charge in [0, 0.05) is 29.9 Å². The first-order valence-electron chi connectivity index (χ1n) is 4.46. The fourth-order valence-electron chi connectivity index (χ4n) is 0.878. The third kappa shape index (κ3) is 3.29. The molecule has 0 amide bonds. The first kappa shape index (κ1) is 11.5. The van der Waals surface area contributed by atoms with Gasteiger partial charge >= 0.3 is 0 Å². The Bertz CT molecular complexity index is 335. The Morgan fingerprint density at radius 1 is 1.21 bits per heavy atom. The Kier molecular flexibility index (Phi) is 3.53. The molecule has 0 atom stereocenters. The summed E-state index contributed by atoms with van der Waals surface area (Å²) in [6.45, 7) is 5.68. The largest absolute Gasteiger partial charge is 0.623 e. The molecule has 0 heterocycles. The van der Waals surface area contributed by atoms with E-state index in [1.54, 1.807) is 6.21 Å². The molecule has 1 aromatic rings. The van der Waals surface area contributed by atoms with E-state index in [1.165, 1.54) is 3.57 Å². The minimum absolute atomic E-state index is 0.372. The first-order chi connectivity index (χ1) is 6.39. The predicted molar refractivity (Wildman–Crippen MR) is 67.7 cm³/mol. The molecule has 0 aliphatic heterocycles. The summed E-state index contributed by atoms with van der Waals surface area (Å²) in [5.41, 5.74) is 0.568. The van der Waals surface area contributed by atoms with Crippen LogP contribution in [0.25, 0.3) is 0 Å². The van der Waals surface area contributed by atoms with Crippen molar-refractivity contribution in [1.29, 1.82) is 0 Å². The van der Waals surface area contributed by atoms with Gasteiger partial charge in [0.05, 0.1) is 0 Å². The van der Waals surface area contributed by atoms with Crippen molar-refractivity contribution in [3.63, 3.8) is 0 Å². The summed E-state index contributed by atoms with van der Waals surface area (Å²) in [6.07, 6.45) is 1.62. The Balaban J connectivity index is 2.93. The minimum Gasteiger partial charge on any atom is -0.623 e. The zero-order chi connectivity index (χ0) is 10.8. The van der Waals surface area contributed by atoms with Gasteiger partial charge in [-0.1, -0.05) is 0 Å². The van der Waals surface area contributed by atoms with Crippen LogP contribution in [0.4, 0.5) is 0 Å². The third-order valence-electron chi connectivity index (χ3n) is 1.80. The van der Waals surface area contributed by atoms with Gasteiger partial charge in [-0.2, -0.15) is 0 Å². The molecule has 0 spiro atoms. The van der Waals surface area contributed by atoms with Gasteiger partial charge in [0.2, 0.25) is 0 Å². The number of hydrogen-bond acceptors (Lipinski definition) is 1. The summed E-state index contributed by atoms with van der Waals surface area (Å²) in [5.74, 6) is 0. The maximum absolute atomic E-state index is 11.6. The molecular weight excluding hydrogens is 289 g/mol. The standard InChI is InChI=1S/C11H14INO/c1-11(2,3)13(14)8-9-4-6-10(12)7-5-9/h4-8H,1-3H3. The highest BCUT2D eigenvalue weighted by atomic mass is 127. The Hall–Kier alpha value is -0.580. The monoisotopic (exact) mass is 303 g/mol. The molecular formula is C11H14INO. The molecule has 1 aromatic carbocycles. The van der Waals surface area contributed by atoms with E-state index in [4.69, 9.17) is 0 Å². The van der Waals surface area contributed by atoms with E-state index in [0.717, 1.165) is 10.3 Å². The van der Waals surface area contributed by atoms with Crippen molar-refractivity contribution in [2.45, 2.75) is 26.3 Å². The number of rotatable bonds is 1. The van der Waals surface area contributed by atoms with Crippen LogP contribution in [0.3, 0.4) is 0 Å². The van der Waals surface area contributed by atoms with E-state index in [9.17, 15) is 5.21 Å². The average molecular weight is 303 g/mol. The molecule has 0 unspecified atom stereocenters. The van der Waals surface area contributed by atoms with E-state index >= 15 is 0 Å². The molecule has 0 fully saturated rings. The maximum atomic E-state index is 11.6. The van der Waals surface area contributed by atoms with Crippen LogP contribution in [0.1, 0.15) is 26.3 Å². The van der Waals surface area contributed by atoms with Crippen molar-refractivity contribution in [3.05, 3.63) is 38.6 Å². The van der Waals surface area contributed by atoms with Crippen molar-refractivity contribution in [3.8, 4) is 0 Å². The van der Waals surface area contributed by atoms with Gasteiger partial charge in [0.25, 0.3) is 0 Å². The molecule has 0 aliphatic rings. The Morgan fingerprint density at radius 2 is 1.71 bits per heavy atom. The summed E-state index contributed by atoms with van der Waals surface area (Å²) in [4.78, 5) is 0. The van der Waals surface area contributed by atoms with Crippen LogP contribution in [0.5, 0.6) is 0 Å². The van der Waals surface area contributed by atoms with Gasteiger partial charge in [-0.15, -0.1) is 0 Å². The summed E-state index contributed by atoms with van der Waals surface area (Å²) in [7, 11) is 0. The molecule has 76 valence electrons. The second-order valence-corrected chi connectivity index (χ2v) is 5.42. The molecule has 0 aliphatic carbocycles. The highest BCUT2D eigenvalue weighted by Crippen LogP contribution is 2.08. The van der Waals surface area contributed by atoms with E-state index in [1.807, 2.05) is 45.0 Å². The molecule has 0 N–H and O–H groups in total. The molecule has 0 aromatic heterocycles. The van der Waals surface area contributed by atoms with Gasteiger partial charge in [-0.05, 0) is 46.9 Å². The van der Waals surface area contributed by atoms with Crippen LogP contribution < -0.4 is 0 Å². The van der Waals surface area contributed by atoms with Crippen LogP contribution in [0, 0.1) is 8.78 Å². The van der Waals surface area contributed by atoms with Gasteiger partial charge in [-0.25, -0.2) is 4.74 Å². The van der Waals surface area contributed by atoms with Gasteiger partial charge in [-0.3, -0.25) is 0 Å². The zero-order valence-corrected chi connectivity index (χ0v) is 10.8. The summed E-state index contributed by atoms with van der Waals surface area (Å²) in [5, 5.41) is 11.6. The molecule has 0 saturated heterocycles. The van der Waals surface area contributed by atoms with E-state index < -0.39 is 0 Å². The summed E-state index contributed by atoms with van der Waals surface area (Å²) >= 11 is 2.24. The van der Waals surface area contributed by atoms with Crippen molar-refractivity contribution in [2.24, 2.45) is 0 Å². The molecule has 0 saturated carbocycles. The van der Waals surface area contributed by atoms with E-state index in [-0.39, 0.29) is 5.54 Å². The van der Waals surface area contributed by atoms with Crippen molar-refractivity contribution in [2.75, 3.05) is 0 Å². The number of nitrogens with zero attached hydrogens (tertiary/aromatic N) is 1. The number of hydrogen-bond donors (Lipinski definition) is 0. The normalized spacial score (nSPS) is 13.0. The fraction of sp³-hybridized carbons (Fsp3) is 0.364. The molecule has 0 bridgehead atoms. The Morgan fingerprint density at radius 3 is 2.14 bits per heavy atom. The zero-order valence-electron chi connectivity index (χ0n) is 8.62. The SMILES string of the molecule is CC(C)(C)[N+]([O-])=Cc1ccc(I)cc1. The van der Waals surface area contributed by atoms with Crippen molar-refractivity contribution >= 4 is 28.8 Å². The van der Waals surface area contributed by atoms with Gasteiger partial charge in [0.15, 0.2) is 11.8 Å². The average Bonchev–Trinajstić information content (AvgIpc) is 2.07. The maximum Gasteiger partial charge on any atom is 0.182 e. The third-order valence-corrected chi connectivity index (χ3v) is 2.52. The van der Waals surface area contributed by atoms with E-state index in [0.29, 0.717) is 0 Å². The van der Waals surface area contributed by atoms with Crippen LogP contribution in [-0.2, 0) is 0 Å². The van der Waals surface area contributed by atoms with Gasteiger partial charge < -0.3 is 5.21 Å². The fourth-order valence-corrected chi connectivity index (χ4v) is 1.24. The highest BCUT2D eigenvalue weighted by molar-refractivity contribution is 14.1. The quantitative estimate of drug-likeness (QED) is 0.257. The second kappa shape index (κ2) is 4.29. The minimum atomic E-state index is -0.372. The molecule has 0 radical (unpaired) electrons. The van der Waals surface area contributed by atoms with Gasteiger partial charge in [0.1, 0.15) is 0 Å². The summed E-state index contributed by atoms with van der Waals surface area (Å²) < 4.78 is 2.16. The lowest BCUT2D eigenvalue weighted by Crippen LogP contribution is -2.29. The molecule has 3 heteroatoms. The lowest BCUT2D eigenvalue weighted by Gasteiger charge is -2.18. The second-order valence-electron chi connectivity index (χ2n) is 4.18. The molecule has 2 nitrogen and oxygen atoms in total. The lowest BCUT2D eigenvalue weighted by atomic mass is 10.1. The lowest BCUT2D eigenvalue weighted by molar-refractivity contribution is -0.530. The van der Waals surface area contributed by atoms with E-state index in [2.05, 4.69) is 22.6 Å². The van der Waals surface area contributed by atoms with Crippen LogP contribution in [0.15, 0.2) is 24.3 Å². The van der Waals surface area contributed by atoms with Crippen LogP contribution in [-0.4, -0.2) is 16.5 Å². The first-order valence-corrected chi connectivity index (χ1v) is 5.54. The number of benzene rings is 1.